The molecule has 1 aromatic heterocycles. The highest BCUT2D eigenvalue weighted by Crippen LogP contribution is 2.20. The molecule has 1 amide bonds. The largest absolute Gasteiger partial charge is 0.444 e. The molecule has 1 atom stereocenters. The smallest absolute Gasteiger partial charge is 0.236 e. The Bertz CT molecular complexity index is 364. The molecule has 0 radical (unpaired) electrons. The van der Waals surface area contributed by atoms with Crippen LogP contribution in [0.15, 0.2) is 10.6 Å². The van der Waals surface area contributed by atoms with E-state index in [1.165, 1.54) is 0 Å². The molecule has 5 heteroatoms. The van der Waals surface area contributed by atoms with E-state index in [0.717, 1.165) is 25.1 Å². The first-order valence-electron chi connectivity index (χ1n) is 5.01. The Labute approximate surface area is 96.8 Å². The van der Waals surface area contributed by atoms with Crippen LogP contribution in [0.1, 0.15) is 24.5 Å². The number of hydrogen-bond donors (Lipinski definition) is 0. The topological polar surface area (TPSA) is 46.3 Å². The molecule has 1 unspecified atom stereocenters. The number of alkyl halides is 1. The second-order valence-corrected chi connectivity index (χ2v) is 4.82. The van der Waals surface area contributed by atoms with Crippen LogP contribution in [0.4, 0.5) is 0 Å². The number of nitrogens with zero attached hydrogens (tertiary/aromatic N) is 2. The van der Waals surface area contributed by atoms with Gasteiger partial charge in [-0.05, 0) is 12.8 Å². The van der Waals surface area contributed by atoms with E-state index in [2.05, 4.69) is 20.9 Å². The number of amides is 1. The van der Waals surface area contributed by atoms with Gasteiger partial charge in [0, 0.05) is 13.5 Å². The zero-order chi connectivity index (χ0) is 10.8. The van der Waals surface area contributed by atoms with E-state index in [9.17, 15) is 4.79 Å². The van der Waals surface area contributed by atoms with Gasteiger partial charge in [-0.25, -0.2) is 4.98 Å². The van der Waals surface area contributed by atoms with Crippen molar-refractivity contribution in [3.63, 3.8) is 0 Å². The number of halogens is 1. The van der Waals surface area contributed by atoms with Crippen LogP contribution >= 0.6 is 15.9 Å². The Balaban J connectivity index is 2.02. The summed E-state index contributed by atoms with van der Waals surface area (Å²) in [5, 5.41) is 0. The van der Waals surface area contributed by atoms with Gasteiger partial charge in [0.25, 0.3) is 0 Å². The maximum absolute atomic E-state index is 11.8. The molecule has 1 saturated heterocycles. The number of likely N-dealkylation sites (tertiary alicyclic amines) is 1. The molecule has 2 rings (SSSR count). The third-order valence-corrected chi connectivity index (χ3v) is 3.33. The lowest BCUT2D eigenvalue weighted by Crippen LogP contribution is -2.40. The predicted molar refractivity (Wildman–Crippen MR) is 58.6 cm³/mol. The summed E-state index contributed by atoms with van der Waals surface area (Å²) in [6.07, 6.45) is 3.64. The first-order valence-corrected chi connectivity index (χ1v) is 5.92. The van der Waals surface area contributed by atoms with Gasteiger partial charge in [-0.1, -0.05) is 15.9 Å². The summed E-state index contributed by atoms with van der Waals surface area (Å²) >= 11 is 3.38. The van der Waals surface area contributed by atoms with Crippen LogP contribution in [0, 0.1) is 6.92 Å². The fourth-order valence-electron chi connectivity index (χ4n) is 1.72. The number of aryl methyl sites for hydroxylation is 1. The number of hydrogen-bond acceptors (Lipinski definition) is 3. The van der Waals surface area contributed by atoms with Crippen molar-refractivity contribution >= 4 is 21.8 Å². The van der Waals surface area contributed by atoms with Gasteiger partial charge in [-0.3, -0.25) is 4.79 Å². The number of carbonyl (C=O) groups is 1. The van der Waals surface area contributed by atoms with Crippen molar-refractivity contribution in [3.8, 4) is 0 Å². The minimum Gasteiger partial charge on any atom is -0.444 e. The lowest BCUT2D eigenvalue weighted by Gasteiger charge is -2.28. The van der Waals surface area contributed by atoms with Crippen LogP contribution < -0.4 is 0 Å². The van der Waals surface area contributed by atoms with Crippen molar-refractivity contribution in [2.45, 2.75) is 31.1 Å². The first-order chi connectivity index (χ1) is 7.16. The minimum absolute atomic E-state index is 0.0322. The Kier molecular flexibility index (Phi) is 3.09. The highest BCUT2D eigenvalue weighted by atomic mass is 79.9. The Morgan fingerprint density at radius 2 is 2.53 bits per heavy atom. The number of oxazole rings is 1. The van der Waals surface area contributed by atoms with E-state index in [-0.39, 0.29) is 10.7 Å². The van der Waals surface area contributed by atoms with Gasteiger partial charge in [0.1, 0.15) is 5.76 Å². The monoisotopic (exact) mass is 272 g/mol. The van der Waals surface area contributed by atoms with E-state index >= 15 is 0 Å². The molecule has 0 saturated carbocycles. The quantitative estimate of drug-likeness (QED) is 0.773. The molecular formula is C10H13BrN2O2. The Morgan fingerprint density at radius 1 is 1.73 bits per heavy atom. The van der Waals surface area contributed by atoms with Crippen LogP contribution in [0.5, 0.6) is 0 Å². The minimum atomic E-state index is -0.0322. The van der Waals surface area contributed by atoms with Gasteiger partial charge in [0.15, 0.2) is 5.89 Å². The lowest BCUT2D eigenvalue weighted by atomic mass is 10.1. The average molecular weight is 273 g/mol. The predicted octanol–water partition coefficient (Wildman–Crippen LogP) is 1.87. The molecule has 1 aromatic rings. The normalized spacial score (nSPS) is 22.1. The molecule has 4 nitrogen and oxygen atoms in total. The number of carbonyl (C=O) groups excluding carboxylic acids is 1. The van der Waals surface area contributed by atoms with Gasteiger partial charge < -0.3 is 9.32 Å². The second kappa shape index (κ2) is 4.35. The third-order valence-electron chi connectivity index (χ3n) is 2.48. The van der Waals surface area contributed by atoms with E-state index in [0.29, 0.717) is 12.4 Å². The molecule has 0 N–H and O–H groups in total. The first kappa shape index (κ1) is 10.7. The van der Waals surface area contributed by atoms with Crippen LogP contribution in [0.3, 0.4) is 0 Å². The van der Waals surface area contributed by atoms with Crippen LogP contribution in [-0.4, -0.2) is 27.2 Å². The van der Waals surface area contributed by atoms with Crippen molar-refractivity contribution in [2.24, 2.45) is 0 Å². The average Bonchev–Trinajstić information content (AvgIpc) is 2.59. The Morgan fingerprint density at radius 3 is 3.20 bits per heavy atom. The fourth-order valence-corrected chi connectivity index (χ4v) is 2.33. The molecule has 0 spiro atoms. The zero-order valence-electron chi connectivity index (χ0n) is 8.57. The van der Waals surface area contributed by atoms with Gasteiger partial charge >= 0.3 is 0 Å². The van der Waals surface area contributed by atoms with E-state index in [4.69, 9.17) is 4.42 Å². The van der Waals surface area contributed by atoms with Crippen LogP contribution in [-0.2, 0) is 11.3 Å². The van der Waals surface area contributed by atoms with Crippen molar-refractivity contribution in [3.05, 3.63) is 17.8 Å². The van der Waals surface area contributed by atoms with Crippen molar-refractivity contribution in [2.75, 3.05) is 6.54 Å². The van der Waals surface area contributed by atoms with Crippen molar-refractivity contribution < 1.29 is 9.21 Å². The SMILES string of the molecule is Cc1ncc(CN2CCCC(Br)C2=O)o1. The summed E-state index contributed by atoms with van der Waals surface area (Å²) in [6.45, 7) is 3.14. The summed E-state index contributed by atoms with van der Waals surface area (Å²) < 4.78 is 5.35. The summed E-state index contributed by atoms with van der Waals surface area (Å²) in [4.78, 5) is 17.5. The molecule has 0 aromatic carbocycles. The number of piperidine rings is 1. The standard InChI is InChI=1S/C10H13BrN2O2/c1-7-12-5-8(15-7)6-13-4-2-3-9(11)10(13)14/h5,9H,2-4,6H2,1H3. The molecule has 2 heterocycles. The van der Waals surface area contributed by atoms with Crippen LogP contribution in [0.25, 0.3) is 0 Å². The van der Waals surface area contributed by atoms with Crippen molar-refractivity contribution in [1.29, 1.82) is 0 Å². The lowest BCUT2D eigenvalue weighted by molar-refractivity contribution is -0.133. The maximum atomic E-state index is 11.8. The summed E-state index contributed by atoms with van der Waals surface area (Å²) in [6, 6.07) is 0. The second-order valence-electron chi connectivity index (χ2n) is 3.72. The van der Waals surface area contributed by atoms with Gasteiger partial charge in [-0.15, -0.1) is 0 Å². The summed E-state index contributed by atoms with van der Waals surface area (Å²) in [7, 11) is 0. The van der Waals surface area contributed by atoms with Gasteiger partial charge in [0.2, 0.25) is 5.91 Å². The van der Waals surface area contributed by atoms with Gasteiger partial charge in [-0.2, -0.15) is 0 Å². The maximum Gasteiger partial charge on any atom is 0.236 e. The summed E-state index contributed by atoms with van der Waals surface area (Å²) in [5.41, 5.74) is 0. The van der Waals surface area contributed by atoms with Gasteiger partial charge in [0.05, 0.1) is 17.6 Å². The number of rotatable bonds is 2. The third kappa shape index (κ3) is 2.40. The molecule has 0 bridgehead atoms. The van der Waals surface area contributed by atoms with E-state index < -0.39 is 0 Å². The molecule has 82 valence electrons. The highest BCUT2D eigenvalue weighted by molar-refractivity contribution is 9.10. The fraction of sp³-hybridized carbons (Fsp3) is 0.600. The summed E-state index contributed by atoms with van der Waals surface area (Å²) in [5.74, 6) is 1.54. The Hall–Kier alpha value is -0.840. The molecule has 1 fully saturated rings. The number of aromatic nitrogens is 1. The van der Waals surface area contributed by atoms with Crippen LogP contribution in [0.2, 0.25) is 0 Å². The molecule has 15 heavy (non-hydrogen) atoms. The van der Waals surface area contributed by atoms with Crippen molar-refractivity contribution in [1.82, 2.24) is 9.88 Å². The molecule has 1 aliphatic rings. The highest BCUT2D eigenvalue weighted by Gasteiger charge is 2.26. The molecular weight excluding hydrogens is 260 g/mol. The zero-order valence-corrected chi connectivity index (χ0v) is 10.2. The van der Waals surface area contributed by atoms with E-state index in [1.807, 2.05) is 4.90 Å². The van der Waals surface area contributed by atoms with E-state index in [1.54, 1.807) is 13.1 Å². The molecule has 1 aliphatic heterocycles. The molecule has 0 aliphatic carbocycles.